The molecular weight excluding hydrogens is 350 g/mol. The SMILES string of the molecule is Fc1cccc(F)c1-n1c(CCl)nc2ccc(Br)cc21. The molecule has 0 aliphatic rings. The summed E-state index contributed by atoms with van der Waals surface area (Å²) in [7, 11) is 0. The number of hydrogen-bond donors (Lipinski definition) is 0. The molecule has 1 heterocycles. The first-order chi connectivity index (χ1) is 9.61. The van der Waals surface area contributed by atoms with Crippen LogP contribution in [-0.4, -0.2) is 9.55 Å². The second kappa shape index (κ2) is 5.14. The highest BCUT2D eigenvalue weighted by atomic mass is 79.9. The Hall–Kier alpha value is -1.46. The van der Waals surface area contributed by atoms with Gasteiger partial charge >= 0.3 is 0 Å². The minimum atomic E-state index is -0.657. The summed E-state index contributed by atoms with van der Waals surface area (Å²) in [4.78, 5) is 4.31. The first-order valence-electron chi connectivity index (χ1n) is 5.79. The summed E-state index contributed by atoms with van der Waals surface area (Å²) in [5.41, 5.74) is 1.06. The molecule has 0 bridgehead atoms. The molecule has 0 N–H and O–H groups in total. The van der Waals surface area contributed by atoms with E-state index in [0.717, 1.165) is 4.47 Å². The first kappa shape index (κ1) is 13.5. The molecule has 2 nitrogen and oxygen atoms in total. The number of fused-ring (bicyclic) bond motifs is 1. The van der Waals surface area contributed by atoms with E-state index in [1.807, 2.05) is 6.07 Å². The van der Waals surface area contributed by atoms with Gasteiger partial charge in [0.05, 0.1) is 16.9 Å². The van der Waals surface area contributed by atoms with E-state index in [0.29, 0.717) is 16.9 Å². The summed E-state index contributed by atoms with van der Waals surface area (Å²) in [6.07, 6.45) is 0. The van der Waals surface area contributed by atoms with Crippen molar-refractivity contribution in [2.24, 2.45) is 0 Å². The average molecular weight is 358 g/mol. The minimum absolute atomic E-state index is 0.0556. The van der Waals surface area contributed by atoms with Crippen molar-refractivity contribution in [1.82, 2.24) is 9.55 Å². The van der Waals surface area contributed by atoms with Gasteiger partial charge in [-0.2, -0.15) is 0 Å². The number of benzene rings is 2. The topological polar surface area (TPSA) is 17.8 Å². The lowest BCUT2D eigenvalue weighted by Crippen LogP contribution is -2.05. The number of imidazole rings is 1. The highest BCUT2D eigenvalue weighted by Gasteiger charge is 2.18. The number of para-hydroxylation sites is 1. The fraction of sp³-hybridized carbons (Fsp3) is 0.0714. The van der Waals surface area contributed by atoms with Gasteiger partial charge < -0.3 is 0 Å². The van der Waals surface area contributed by atoms with Crippen molar-refractivity contribution in [2.75, 3.05) is 0 Å². The molecule has 3 rings (SSSR count). The van der Waals surface area contributed by atoms with Crippen LogP contribution in [0.5, 0.6) is 0 Å². The Kier molecular flexibility index (Phi) is 3.48. The minimum Gasteiger partial charge on any atom is -0.290 e. The molecule has 6 heteroatoms. The van der Waals surface area contributed by atoms with E-state index in [2.05, 4.69) is 20.9 Å². The molecule has 3 aromatic rings. The number of rotatable bonds is 2. The largest absolute Gasteiger partial charge is 0.290 e. The zero-order valence-corrected chi connectivity index (χ0v) is 12.4. The van der Waals surface area contributed by atoms with Crippen LogP contribution in [0.4, 0.5) is 8.78 Å². The molecule has 20 heavy (non-hydrogen) atoms. The normalized spacial score (nSPS) is 11.2. The number of halogens is 4. The number of nitrogens with zero attached hydrogens (tertiary/aromatic N) is 2. The molecule has 0 aliphatic heterocycles. The number of hydrogen-bond acceptors (Lipinski definition) is 1. The predicted octanol–water partition coefficient (Wildman–Crippen LogP) is 4.81. The third-order valence-corrected chi connectivity index (χ3v) is 3.70. The molecule has 0 saturated carbocycles. The average Bonchev–Trinajstić information content (AvgIpc) is 2.77. The van der Waals surface area contributed by atoms with Gasteiger partial charge in [0, 0.05) is 4.47 Å². The fourth-order valence-electron chi connectivity index (χ4n) is 2.14. The van der Waals surface area contributed by atoms with Crippen molar-refractivity contribution in [2.45, 2.75) is 5.88 Å². The third kappa shape index (κ3) is 2.11. The molecule has 0 atom stereocenters. The lowest BCUT2D eigenvalue weighted by atomic mass is 10.2. The van der Waals surface area contributed by atoms with Crippen LogP contribution in [0.2, 0.25) is 0 Å². The van der Waals surface area contributed by atoms with E-state index in [9.17, 15) is 8.78 Å². The van der Waals surface area contributed by atoms with Crippen LogP contribution in [0.25, 0.3) is 16.7 Å². The Morgan fingerprint density at radius 3 is 2.50 bits per heavy atom. The van der Waals surface area contributed by atoms with Crippen LogP contribution < -0.4 is 0 Å². The van der Waals surface area contributed by atoms with E-state index < -0.39 is 11.6 Å². The highest BCUT2D eigenvalue weighted by Crippen LogP contribution is 2.28. The van der Waals surface area contributed by atoms with Gasteiger partial charge in [-0.15, -0.1) is 11.6 Å². The second-order valence-electron chi connectivity index (χ2n) is 4.20. The van der Waals surface area contributed by atoms with Crippen LogP contribution >= 0.6 is 27.5 Å². The monoisotopic (exact) mass is 356 g/mol. The summed E-state index contributed by atoms with van der Waals surface area (Å²) < 4.78 is 30.2. The van der Waals surface area contributed by atoms with Crippen LogP contribution in [-0.2, 0) is 5.88 Å². The number of aromatic nitrogens is 2. The van der Waals surface area contributed by atoms with E-state index in [1.54, 1.807) is 12.1 Å². The van der Waals surface area contributed by atoms with Crippen molar-refractivity contribution in [3.63, 3.8) is 0 Å². The molecule has 0 spiro atoms. The van der Waals surface area contributed by atoms with E-state index >= 15 is 0 Å². The zero-order valence-electron chi connectivity index (χ0n) is 10.1. The van der Waals surface area contributed by atoms with Crippen LogP contribution in [0, 0.1) is 11.6 Å². The van der Waals surface area contributed by atoms with Crippen LogP contribution in [0.3, 0.4) is 0 Å². The van der Waals surface area contributed by atoms with Crippen LogP contribution in [0.15, 0.2) is 40.9 Å². The molecule has 0 radical (unpaired) electrons. The Balaban J connectivity index is 2.42. The van der Waals surface area contributed by atoms with E-state index in [1.165, 1.54) is 22.8 Å². The van der Waals surface area contributed by atoms with Gasteiger partial charge in [-0.1, -0.05) is 22.0 Å². The Morgan fingerprint density at radius 1 is 1.15 bits per heavy atom. The molecule has 2 aromatic carbocycles. The molecule has 0 aliphatic carbocycles. The predicted molar refractivity (Wildman–Crippen MR) is 78.2 cm³/mol. The Morgan fingerprint density at radius 2 is 1.85 bits per heavy atom. The van der Waals surface area contributed by atoms with Crippen molar-refractivity contribution in [3.8, 4) is 5.69 Å². The van der Waals surface area contributed by atoms with Gasteiger partial charge in [0.15, 0.2) is 0 Å². The van der Waals surface area contributed by atoms with Gasteiger partial charge in [-0.3, -0.25) is 4.57 Å². The summed E-state index contributed by atoms with van der Waals surface area (Å²) >= 11 is 9.20. The van der Waals surface area contributed by atoms with Gasteiger partial charge in [-0.25, -0.2) is 13.8 Å². The van der Waals surface area contributed by atoms with Gasteiger partial charge in [0.25, 0.3) is 0 Å². The maximum Gasteiger partial charge on any atom is 0.150 e. The van der Waals surface area contributed by atoms with Gasteiger partial charge in [-0.05, 0) is 30.3 Å². The Labute approximate surface area is 127 Å². The van der Waals surface area contributed by atoms with Crippen LogP contribution in [0.1, 0.15) is 5.82 Å². The quantitative estimate of drug-likeness (QED) is 0.602. The lowest BCUT2D eigenvalue weighted by molar-refractivity contribution is 0.569. The van der Waals surface area contributed by atoms with Crippen molar-refractivity contribution in [3.05, 3.63) is 58.3 Å². The van der Waals surface area contributed by atoms with E-state index in [-0.39, 0.29) is 11.6 Å². The van der Waals surface area contributed by atoms with E-state index in [4.69, 9.17) is 11.6 Å². The molecule has 0 amide bonds. The molecule has 0 fully saturated rings. The van der Waals surface area contributed by atoms with Crippen molar-refractivity contribution in [1.29, 1.82) is 0 Å². The molecule has 102 valence electrons. The smallest absolute Gasteiger partial charge is 0.150 e. The first-order valence-corrected chi connectivity index (χ1v) is 7.12. The molecular formula is C14H8BrClF2N2. The molecule has 0 unspecified atom stereocenters. The fourth-order valence-corrected chi connectivity index (χ4v) is 2.67. The number of alkyl halides is 1. The highest BCUT2D eigenvalue weighted by molar-refractivity contribution is 9.10. The summed E-state index contributed by atoms with van der Waals surface area (Å²) in [6, 6.07) is 9.08. The zero-order chi connectivity index (χ0) is 14.3. The standard InChI is InChI=1S/C14H8BrClF2N2/c15-8-4-5-11-12(6-8)20(13(7-16)19-11)14-9(17)2-1-3-10(14)18/h1-6H,7H2. The lowest BCUT2D eigenvalue weighted by Gasteiger charge is -2.10. The van der Waals surface area contributed by atoms with Crippen molar-refractivity contribution >= 4 is 38.6 Å². The van der Waals surface area contributed by atoms with Crippen molar-refractivity contribution < 1.29 is 8.78 Å². The summed E-state index contributed by atoms with van der Waals surface area (Å²) in [5.74, 6) is -0.866. The summed E-state index contributed by atoms with van der Waals surface area (Å²) in [6.45, 7) is 0. The maximum atomic E-state index is 14.0. The maximum absolute atomic E-state index is 14.0. The second-order valence-corrected chi connectivity index (χ2v) is 5.38. The van der Waals surface area contributed by atoms with Gasteiger partial charge in [0.2, 0.25) is 0 Å². The Bertz CT molecular complexity index is 781. The summed E-state index contributed by atoms with van der Waals surface area (Å²) in [5, 5.41) is 0. The van der Waals surface area contributed by atoms with Gasteiger partial charge in [0.1, 0.15) is 23.1 Å². The third-order valence-electron chi connectivity index (χ3n) is 2.97. The molecule has 0 saturated heterocycles. The molecule has 1 aromatic heterocycles.